The third-order valence-electron chi connectivity index (χ3n) is 3.24. The normalized spacial score (nSPS) is 22.8. The van der Waals surface area contributed by atoms with Gasteiger partial charge in [0.05, 0.1) is 38.8 Å². The fourth-order valence-corrected chi connectivity index (χ4v) is 2.46. The number of piperidine rings is 1. The molecule has 0 unspecified atom stereocenters. The van der Waals surface area contributed by atoms with Crippen LogP contribution in [0, 0.1) is 11.3 Å². The Morgan fingerprint density at radius 1 is 1.44 bits per heavy atom. The molecule has 0 saturated carbocycles. The molecule has 0 aliphatic carbocycles. The number of carbonyl (C=O) groups excluding carboxylic acids is 1. The van der Waals surface area contributed by atoms with Crippen LogP contribution in [0.2, 0.25) is 0 Å². The summed E-state index contributed by atoms with van der Waals surface area (Å²) in [6.45, 7) is 3.59. The predicted octanol–water partition coefficient (Wildman–Crippen LogP) is -0.145. The van der Waals surface area contributed by atoms with Crippen LogP contribution < -0.4 is 5.32 Å². The molecular weight excluding hydrogens is 234 g/mol. The maximum atomic E-state index is 11.6. The molecule has 2 aliphatic rings. The highest BCUT2D eigenvalue weighted by Gasteiger charge is 2.40. The average Bonchev–Trinajstić information content (AvgIpc) is 2.77. The first kappa shape index (κ1) is 13.3. The number of nitrogens with zero attached hydrogens (tertiary/aromatic N) is 2. The maximum absolute atomic E-state index is 11.6. The first-order valence-electron chi connectivity index (χ1n) is 6.38. The van der Waals surface area contributed by atoms with Crippen molar-refractivity contribution in [3.63, 3.8) is 0 Å². The van der Waals surface area contributed by atoms with E-state index in [1.807, 2.05) is 6.07 Å². The molecular formula is C12H19N3O3. The minimum atomic E-state index is -0.481. The van der Waals surface area contributed by atoms with Crippen LogP contribution in [-0.4, -0.2) is 56.0 Å². The Labute approximate surface area is 107 Å². The second-order valence-corrected chi connectivity index (χ2v) is 4.68. The van der Waals surface area contributed by atoms with Gasteiger partial charge in [0.25, 0.3) is 0 Å². The van der Waals surface area contributed by atoms with Crippen LogP contribution in [0.5, 0.6) is 0 Å². The predicted molar refractivity (Wildman–Crippen MR) is 63.5 cm³/mol. The number of carbonyl (C=O) groups is 1. The monoisotopic (exact) mass is 253 g/mol. The van der Waals surface area contributed by atoms with Crippen molar-refractivity contribution < 1.29 is 14.3 Å². The van der Waals surface area contributed by atoms with Crippen LogP contribution in [0.25, 0.3) is 0 Å². The Hall–Kier alpha value is -1.16. The lowest BCUT2D eigenvalue weighted by atomic mass is 10.0. The number of hydrogen-bond donors (Lipinski definition) is 1. The molecule has 0 radical (unpaired) electrons. The summed E-state index contributed by atoms with van der Waals surface area (Å²) in [6.07, 6.45) is 2.23. The quantitative estimate of drug-likeness (QED) is 0.706. The molecule has 6 heteroatoms. The average molecular weight is 253 g/mol. The molecule has 1 N–H and O–H groups in total. The highest BCUT2D eigenvalue weighted by atomic mass is 16.7. The van der Waals surface area contributed by atoms with Gasteiger partial charge in [-0.1, -0.05) is 0 Å². The highest BCUT2D eigenvalue weighted by Crippen LogP contribution is 2.29. The van der Waals surface area contributed by atoms with E-state index >= 15 is 0 Å². The summed E-state index contributed by atoms with van der Waals surface area (Å²) < 4.78 is 11.3. The maximum Gasteiger partial charge on any atom is 0.234 e. The van der Waals surface area contributed by atoms with Gasteiger partial charge in [-0.3, -0.25) is 9.69 Å². The van der Waals surface area contributed by atoms with E-state index in [9.17, 15) is 4.79 Å². The molecule has 0 aromatic heterocycles. The molecule has 2 fully saturated rings. The van der Waals surface area contributed by atoms with Crippen molar-refractivity contribution in [2.45, 2.75) is 25.0 Å². The van der Waals surface area contributed by atoms with E-state index in [1.54, 1.807) is 0 Å². The Kier molecular flexibility index (Phi) is 4.53. The van der Waals surface area contributed by atoms with Crippen LogP contribution in [0.15, 0.2) is 0 Å². The van der Waals surface area contributed by atoms with E-state index in [0.29, 0.717) is 39.3 Å². The zero-order chi connectivity index (χ0) is 12.8. The van der Waals surface area contributed by atoms with Gasteiger partial charge in [0.2, 0.25) is 5.91 Å². The molecule has 0 aromatic rings. The fraction of sp³-hybridized carbons (Fsp3) is 0.833. The number of hydrogen-bond acceptors (Lipinski definition) is 5. The number of likely N-dealkylation sites (tertiary alicyclic amines) is 1. The molecule has 2 aliphatic heterocycles. The summed E-state index contributed by atoms with van der Waals surface area (Å²) in [5.74, 6) is -0.522. The molecule has 0 bridgehead atoms. The van der Waals surface area contributed by atoms with E-state index in [1.165, 1.54) is 0 Å². The summed E-state index contributed by atoms with van der Waals surface area (Å²) in [5.41, 5.74) is 0. The lowest BCUT2D eigenvalue weighted by Gasteiger charge is -2.38. The van der Waals surface area contributed by atoms with Crippen molar-refractivity contribution in [3.05, 3.63) is 0 Å². The second-order valence-electron chi connectivity index (χ2n) is 4.68. The molecule has 18 heavy (non-hydrogen) atoms. The van der Waals surface area contributed by atoms with E-state index in [4.69, 9.17) is 14.7 Å². The van der Waals surface area contributed by atoms with E-state index < -0.39 is 5.79 Å². The zero-order valence-corrected chi connectivity index (χ0v) is 10.5. The number of nitriles is 1. The van der Waals surface area contributed by atoms with Gasteiger partial charge in [-0.05, 0) is 13.0 Å². The molecule has 0 aromatic carbocycles. The first-order valence-corrected chi connectivity index (χ1v) is 6.38. The molecule has 2 saturated heterocycles. The molecule has 1 spiro atoms. The van der Waals surface area contributed by atoms with Crippen molar-refractivity contribution >= 4 is 5.91 Å². The van der Waals surface area contributed by atoms with Gasteiger partial charge in [0.1, 0.15) is 0 Å². The minimum Gasteiger partial charge on any atom is -0.354 e. The molecule has 100 valence electrons. The Morgan fingerprint density at radius 2 is 2.22 bits per heavy atom. The van der Waals surface area contributed by atoms with Crippen molar-refractivity contribution in [1.82, 2.24) is 10.2 Å². The second kappa shape index (κ2) is 6.14. The lowest BCUT2D eigenvalue weighted by molar-refractivity contribution is -0.189. The summed E-state index contributed by atoms with van der Waals surface area (Å²) >= 11 is 0. The summed E-state index contributed by atoms with van der Waals surface area (Å²) in [5, 5.41) is 11.1. The molecule has 2 rings (SSSR count). The topological polar surface area (TPSA) is 74.6 Å². The molecule has 2 heterocycles. The number of nitrogens with one attached hydrogen (secondary N) is 1. The van der Waals surface area contributed by atoms with Crippen molar-refractivity contribution in [1.29, 1.82) is 5.26 Å². The standard InChI is InChI=1S/C12H19N3O3/c13-4-2-5-14-11(16)9-15-6-1-3-12(10-15)17-7-8-18-12/h1-3,5-10H2,(H,14,16). The Balaban J connectivity index is 1.75. The van der Waals surface area contributed by atoms with Gasteiger partial charge < -0.3 is 14.8 Å². The fourth-order valence-electron chi connectivity index (χ4n) is 2.46. The number of ether oxygens (including phenoxy) is 2. The van der Waals surface area contributed by atoms with E-state index in [2.05, 4.69) is 10.2 Å². The van der Waals surface area contributed by atoms with Crippen LogP contribution in [-0.2, 0) is 14.3 Å². The zero-order valence-electron chi connectivity index (χ0n) is 10.5. The smallest absolute Gasteiger partial charge is 0.234 e. The lowest BCUT2D eigenvalue weighted by Crippen LogP contribution is -2.51. The van der Waals surface area contributed by atoms with Crippen LogP contribution >= 0.6 is 0 Å². The van der Waals surface area contributed by atoms with E-state index in [-0.39, 0.29) is 5.91 Å². The highest BCUT2D eigenvalue weighted by molar-refractivity contribution is 5.78. The molecule has 1 amide bonds. The summed E-state index contributed by atoms with van der Waals surface area (Å²) in [7, 11) is 0. The van der Waals surface area contributed by atoms with Crippen molar-refractivity contribution in [2.24, 2.45) is 0 Å². The van der Waals surface area contributed by atoms with Gasteiger partial charge in [-0.15, -0.1) is 0 Å². The van der Waals surface area contributed by atoms with E-state index in [0.717, 1.165) is 19.4 Å². The largest absolute Gasteiger partial charge is 0.354 e. The van der Waals surface area contributed by atoms with Crippen molar-refractivity contribution in [2.75, 3.05) is 39.4 Å². The molecule has 6 nitrogen and oxygen atoms in total. The summed E-state index contributed by atoms with van der Waals surface area (Å²) in [4.78, 5) is 13.7. The van der Waals surface area contributed by atoms with Crippen LogP contribution in [0.1, 0.15) is 19.3 Å². The third kappa shape index (κ3) is 3.42. The molecule has 0 atom stereocenters. The van der Waals surface area contributed by atoms with Gasteiger partial charge >= 0.3 is 0 Å². The first-order chi connectivity index (χ1) is 8.74. The Bertz CT molecular complexity index is 334. The van der Waals surface area contributed by atoms with Gasteiger partial charge in [0.15, 0.2) is 5.79 Å². The number of amides is 1. The van der Waals surface area contributed by atoms with Gasteiger partial charge in [0, 0.05) is 13.0 Å². The Morgan fingerprint density at radius 3 is 2.94 bits per heavy atom. The van der Waals surface area contributed by atoms with Gasteiger partial charge in [-0.25, -0.2) is 0 Å². The summed E-state index contributed by atoms with van der Waals surface area (Å²) in [6, 6.07) is 2.00. The van der Waals surface area contributed by atoms with Crippen molar-refractivity contribution in [3.8, 4) is 6.07 Å². The van der Waals surface area contributed by atoms with Crippen LogP contribution in [0.3, 0.4) is 0 Å². The minimum absolute atomic E-state index is 0.0414. The number of rotatable bonds is 4. The van der Waals surface area contributed by atoms with Crippen LogP contribution in [0.4, 0.5) is 0 Å². The van der Waals surface area contributed by atoms with Gasteiger partial charge in [-0.2, -0.15) is 5.26 Å². The third-order valence-corrected chi connectivity index (χ3v) is 3.24. The SMILES string of the molecule is N#CCCNC(=O)CN1CCCC2(C1)OCCO2.